The monoisotopic (exact) mass is 246 g/mol. The molecule has 0 aromatic rings. The third-order valence-corrected chi connectivity index (χ3v) is 5.10. The Hall–Kier alpha value is -0.0900. The van der Waals surface area contributed by atoms with Crippen LogP contribution in [0, 0.1) is 23.7 Å². The maximum Gasteiger partial charge on any atom is 0.310 e. The second kappa shape index (κ2) is 2.48. The molecule has 13 heavy (non-hydrogen) atoms. The van der Waals surface area contributed by atoms with E-state index in [1.165, 1.54) is 0 Å². The van der Waals surface area contributed by atoms with E-state index in [1.54, 1.807) is 0 Å². The van der Waals surface area contributed by atoms with E-state index >= 15 is 0 Å². The van der Waals surface area contributed by atoms with Crippen molar-refractivity contribution in [3.05, 3.63) is 0 Å². The summed E-state index contributed by atoms with van der Waals surface area (Å²) in [6.45, 7) is 0.121. The summed E-state index contributed by atoms with van der Waals surface area (Å²) in [4.78, 5) is 11.7. The topological polar surface area (TPSA) is 46.5 Å². The van der Waals surface area contributed by atoms with Crippen molar-refractivity contribution >= 4 is 21.9 Å². The number of rotatable bonds is 1. The zero-order valence-corrected chi connectivity index (χ0v) is 8.61. The number of aliphatic hydroxyl groups is 1. The molecule has 72 valence electrons. The Morgan fingerprint density at radius 2 is 2.31 bits per heavy atom. The van der Waals surface area contributed by atoms with E-state index in [0.29, 0.717) is 11.8 Å². The molecule has 0 aromatic heterocycles. The first-order valence-electron chi connectivity index (χ1n) is 4.69. The number of hydrogen-bond donors (Lipinski definition) is 1. The molecular weight excluding hydrogens is 236 g/mol. The van der Waals surface area contributed by atoms with Gasteiger partial charge in [-0.2, -0.15) is 0 Å². The lowest BCUT2D eigenvalue weighted by molar-refractivity contribution is -0.144. The molecule has 1 heterocycles. The zero-order valence-electron chi connectivity index (χ0n) is 7.02. The standard InChI is InChI=1S/C9H11BrO3/c10-7-3-1-4-6(5(3)2-11)9(12)13-8(4)7/h3-8,11H,1-2H2/t3-,4+,5+,6-,7-,8-/m1/s1. The Bertz CT molecular complexity index is 268. The highest BCUT2D eigenvalue weighted by Gasteiger charge is 2.65. The maximum absolute atomic E-state index is 11.5. The van der Waals surface area contributed by atoms with Crippen LogP contribution in [-0.2, 0) is 9.53 Å². The van der Waals surface area contributed by atoms with E-state index < -0.39 is 0 Å². The van der Waals surface area contributed by atoms with Gasteiger partial charge in [-0.1, -0.05) is 15.9 Å². The van der Waals surface area contributed by atoms with Crippen LogP contribution in [0.2, 0.25) is 0 Å². The minimum atomic E-state index is -0.0847. The molecule has 3 fully saturated rings. The first-order valence-corrected chi connectivity index (χ1v) is 5.61. The number of esters is 1. The van der Waals surface area contributed by atoms with Crippen molar-refractivity contribution in [1.82, 2.24) is 0 Å². The normalized spacial score (nSPS) is 57.2. The maximum atomic E-state index is 11.5. The van der Waals surface area contributed by atoms with Crippen LogP contribution >= 0.6 is 15.9 Å². The summed E-state index contributed by atoms with van der Waals surface area (Å²) >= 11 is 3.57. The Morgan fingerprint density at radius 3 is 3.00 bits per heavy atom. The molecule has 0 aromatic carbocycles. The van der Waals surface area contributed by atoms with Gasteiger partial charge in [0.15, 0.2) is 0 Å². The molecule has 0 radical (unpaired) electrons. The Balaban J connectivity index is 2.01. The summed E-state index contributed by atoms with van der Waals surface area (Å²) in [5, 5.41) is 9.22. The van der Waals surface area contributed by atoms with Crippen LogP contribution in [0.4, 0.5) is 0 Å². The zero-order chi connectivity index (χ0) is 9.16. The quantitative estimate of drug-likeness (QED) is 0.543. The van der Waals surface area contributed by atoms with Crippen molar-refractivity contribution in [2.24, 2.45) is 23.7 Å². The van der Waals surface area contributed by atoms with Gasteiger partial charge in [-0.15, -0.1) is 0 Å². The number of carbonyl (C=O) groups is 1. The Labute approximate surface area is 84.6 Å². The van der Waals surface area contributed by atoms with Crippen molar-refractivity contribution in [3.63, 3.8) is 0 Å². The first kappa shape index (κ1) is 8.24. The molecule has 2 bridgehead atoms. The average molecular weight is 247 g/mol. The van der Waals surface area contributed by atoms with Gasteiger partial charge in [0, 0.05) is 12.5 Å². The molecule has 1 aliphatic heterocycles. The van der Waals surface area contributed by atoms with Crippen LogP contribution in [0.3, 0.4) is 0 Å². The number of fused-ring (bicyclic) bond motifs is 1. The van der Waals surface area contributed by atoms with Gasteiger partial charge in [0.05, 0.1) is 10.7 Å². The lowest BCUT2D eigenvalue weighted by Crippen LogP contribution is -2.35. The summed E-state index contributed by atoms with van der Waals surface area (Å²) in [7, 11) is 0. The van der Waals surface area contributed by atoms with Crippen molar-refractivity contribution in [3.8, 4) is 0 Å². The molecule has 0 amide bonds. The number of halogens is 1. The van der Waals surface area contributed by atoms with Crippen LogP contribution in [0.15, 0.2) is 0 Å². The second-order valence-electron chi connectivity index (χ2n) is 4.28. The average Bonchev–Trinajstić information content (AvgIpc) is 2.68. The van der Waals surface area contributed by atoms with E-state index in [4.69, 9.17) is 4.74 Å². The van der Waals surface area contributed by atoms with Crippen LogP contribution in [0.25, 0.3) is 0 Å². The highest BCUT2D eigenvalue weighted by atomic mass is 79.9. The molecule has 4 heteroatoms. The molecule has 3 nitrogen and oxygen atoms in total. The fraction of sp³-hybridized carbons (Fsp3) is 0.889. The Kier molecular flexibility index (Phi) is 1.57. The number of alkyl halides is 1. The van der Waals surface area contributed by atoms with Crippen molar-refractivity contribution in [2.45, 2.75) is 17.4 Å². The van der Waals surface area contributed by atoms with Crippen LogP contribution < -0.4 is 0 Å². The van der Waals surface area contributed by atoms with Crippen molar-refractivity contribution in [1.29, 1.82) is 0 Å². The van der Waals surface area contributed by atoms with Gasteiger partial charge < -0.3 is 9.84 Å². The van der Waals surface area contributed by atoms with Gasteiger partial charge in [0.25, 0.3) is 0 Å². The predicted molar refractivity (Wildman–Crippen MR) is 48.3 cm³/mol. The highest BCUT2D eigenvalue weighted by Crippen LogP contribution is 2.59. The van der Waals surface area contributed by atoms with Gasteiger partial charge in [-0.3, -0.25) is 4.79 Å². The largest absolute Gasteiger partial charge is 0.461 e. The number of hydrogen-bond acceptors (Lipinski definition) is 3. The number of carbonyl (C=O) groups excluding carboxylic acids is 1. The Morgan fingerprint density at radius 1 is 1.54 bits per heavy atom. The van der Waals surface area contributed by atoms with Crippen LogP contribution in [0.1, 0.15) is 6.42 Å². The number of aliphatic hydroxyl groups excluding tert-OH is 1. The molecule has 1 saturated heterocycles. The molecule has 1 N–H and O–H groups in total. The van der Waals surface area contributed by atoms with E-state index in [0.717, 1.165) is 6.42 Å². The molecule has 3 aliphatic rings. The summed E-state index contributed by atoms with van der Waals surface area (Å²) in [6.07, 6.45) is 1.13. The summed E-state index contributed by atoms with van der Waals surface area (Å²) in [5.41, 5.74) is 0. The van der Waals surface area contributed by atoms with Gasteiger partial charge in [-0.05, 0) is 18.3 Å². The van der Waals surface area contributed by atoms with E-state index in [9.17, 15) is 9.90 Å². The van der Waals surface area contributed by atoms with Crippen molar-refractivity contribution in [2.75, 3.05) is 6.61 Å². The molecular formula is C9H11BrO3. The molecule has 6 atom stereocenters. The molecule has 2 saturated carbocycles. The van der Waals surface area contributed by atoms with E-state index in [-0.39, 0.29) is 35.3 Å². The summed E-state index contributed by atoms with van der Waals surface area (Å²) < 4.78 is 5.29. The van der Waals surface area contributed by atoms with Gasteiger partial charge >= 0.3 is 5.97 Å². The molecule has 0 spiro atoms. The summed E-state index contributed by atoms with van der Waals surface area (Å²) in [5.74, 6) is 0.864. The fourth-order valence-electron chi connectivity index (χ4n) is 3.37. The number of ether oxygens (including phenoxy) is 1. The summed E-state index contributed by atoms with van der Waals surface area (Å²) in [6, 6.07) is 0. The van der Waals surface area contributed by atoms with Crippen molar-refractivity contribution < 1.29 is 14.6 Å². The predicted octanol–water partition coefficient (Wildman–Crippen LogP) is 0.550. The van der Waals surface area contributed by atoms with Crippen LogP contribution in [0.5, 0.6) is 0 Å². The highest BCUT2D eigenvalue weighted by molar-refractivity contribution is 9.09. The lowest BCUT2D eigenvalue weighted by Gasteiger charge is -2.26. The van der Waals surface area contributed by atoms with Gasteiger partial charge in [-0.25, -0.2) is 0 Å². The van der Waals surface area contributed by atoms with E-state index in [2.05, 4.69) is 15.9 Å². The minimum Gasteiger partial charge on any atom is -0.461 e. The smallest absolute Gasteiger partial charge is 0.310 e. The van der Waals surface area contributed by atoms with Gasteiger partial charge in [0.1, 0.15) is 6.10 Å². The van der Waals surface area contributed by atoms with Crippen LogP contribution in [-0.4, -0.2) is 28.6 Å². The SMILES string of the molecule is O=C1O[C@H]2[C@H](Br)[C@@H]3C[C@H]2[C@@H]1[C@H]3CO. The molecule has 3 rings (SSSR count). The van der Waals surface area contributed by atoms with Gasteiger partial charge in [0.2, 0.25) is 0 Å². The fourth-order valence-corrected chi connectivity index (χ4v) is 4.48. The molecule has 0 unspecified atom stereocenters. The first-order chi connectivity index (χ1) is 6.24. The van der Waals surface area contributed by atoms with E-state index in [1.807, 2.05) is 0 Å². The lowest BCUT2D eigenvalue weighted by atomic mass is 9.80. The third-order valence-electron chi connectivity index (χ3n) is 3.90. The third kappa shape index (κ3) is 0.814. The second-order valence-corrected chi connectivity index (χ2v) is 5.34. The minimum absolute atomic E-state index is 0.00574. The molecule has 2 aliphatic carbocycles.